The first-order valence-electron chi connectivity index (χ1n) is 9.21. The van der Waals surface area contributed by atoms with Gasteiger partial charge in [-0.1, -0.05) is 6.92 Å². The van der Waals surface area contributed by atoms with Crippen LogP contribution in [-0.2, 0) is 26.6 Å². The van der Waals surface area contributed by atoms with E-state index in [9.17, 15) is 14.7 Å². The Kier molecular flexibility index (Phi) is 4.60. The number of carbonyl (C=O) groups is 1. The summed E-state index contributed by atoms with van der Waals surface area (Å²) in [7, 11) is 1.76. The number of amides is 1. The third kappa shape index (κ3) is 3.24. The van der Waals surface area contributed by atoms with E-state index in [1.807, 2.05) is 17.7 Å². The van der Waals surface area contributed by atoms with Crippen molar-refractivity contribution in [3.05, 3.63) is 69.2 Å². The Morgan fingerprint density at radius 1 is 1.32 bits per heavy atom. The zero-order chi connectivity index (χ0) is 19.8. The second-order valence-corrected chi connectivity index (χ2v) is 6.90. The molecular weight excluding hydrogens is 360 g/mol. The molecule has 1 atom stereocenters. The number of hydrogen-bond acceptors (Lipinski definition) is 5. The molecular formula is C19H22N6O3. The number of aliphatic hydroxyl groups excluding tert-OH is 1. The molecule has 9 nitrogen and oxygen atoms in total. The van der Waals surface area contributed by atoms with Crippen LogP contribution in [0, 0.1) is 0 Å². The molecule has 28 heavy (non-hydrogen) atoms. The standard InChI is InChI=1S/C19H22N6O3/c1-3-13-8-12(9-17(26)21-13)19(28)24-6-7-25-14(11-24)10-15(22-25)18(27)16-4-5-20-23(16)2/h4-5,8-10,18,27H,3,6-7,11H2,1-2H3,(H,21,26)/t18-/m1/s1. The largest absolute Gasteiger partial charge is 0.380 e. The van der Waals surface area contributed by atoms with Gasteiger partial charge in [-0.15, -0.1) is 0 Å². The molecule has 0 radical (unpaired) electrons. The van der Waals surface area contributed by atoms with E-state index in [1.54, 1.807) is 35.0 Å². The number of hydrogen-bond donors (Lipinski definition) is 2. The van der Waals surface area contributed by atoms with E-state index < -0.39 is 6.10 Å². The maximum atomic E-state index is 12.9. The van der Waals surface area contributed by atoms with Gasteiger partial charge in [0, 0.05) is 37.1 Å². The summed E-state index contributed by atoms with van der Waals surface area (Å²) in [5.74, 6) is -0.179. The van der Waals surface area contributed by atoms with Crippen molar-refractivity contribution in [3.8, 4) is 0 Å². The van der Waals surface area contributed by atoms with Gasteiger partial charge in [0.15, 0.2) is 0 Å². The van der Waals surface area contributed by atoms with Gasteiger partial charge in [-0.05, 0) is 24.6 Å². The summed E-state index contributed by atoms with van der Waals surface area (Å²) >= 11 is 0. The van der Waals surface area contributed by atoms with Crippen LogP contribution in [0.25, 0.3) is 0 Å². The summed E-state index contributed by atoms with van der Waals surface area (Å²) in [4.78, 5) is 29.1. The molecule has 3 aromatic heterocycles. The highest BCUT2D eigenvalue weighted by Crippen LogP contribution is 2.23. The van der Waals surface area contributed by atoms with Crippen LogP contribution in [0.15, 0.2) is 35.3 Å². The lowest BCUT2D eigenvalue weighted by atomic mass is 10.1. The van der Waals surface area contributed by atoms with E-state index in [2.05, 4.69) is 15.2 Å². The van der Waals surface area contributed by atoms with Crippen LogP contribution in [0.1, 0.15) is 46.2 Å². The van der Waals surface area contributed by atoms with E-state index in [1.165, 1.54) is 6.07 Å². The molecule has 146 valence electrons. The molecule has 1 amide bonds. The predicted octanol–water partition coefficient (Wildman–Crippen LogP) is 0.605. The minimum absolute atomic E-state index is 0.179. The van der Waals surface area contributed by atoms with Gasteiger partial charge in [0.05, 0.1) is 30.2 Å². The minimum Gasteiger partial charge on any atom is -0.380 e. The molecule has 3 aromatic rings. The molecule has 0 saturated carbocycles. The van der Waals surface area contributed by atoms with Crippen LogP contribution in [0.5, 0.6) is 0 Å². The third-order valence-corrected chi connectivity index (χ3v) is 5.05. The fourth-order valence-corrected chi connectivity index (χ4v) is 3.50. The number of aryl methyl sites for hydroxylation is 2. The summed E-state index contributed by atoms with van der Waals surface area (Å²) in [6.45, 7) is 3.32. The van der Waals surface area contributed by atoms with Gasteiger partial charge in [0.1, 0.15) is 6.10 Å². The highest BCUT2D eigenvalue weighted by molar-refractivity contribution is 5.94. The van der Waals surface area contributed by atoms with Crippen molar-refractivity contribution >= 4 is 5.91 Å². The molecule has 4 heterocycles. The van der Waals surface area contributed by atoms with Crippen molar-refractivity contribution in [1.29, 1.82) is 0 Å². The molecule has 0 saturated heterocycles. The summed E-state index contributed by atoms with van der Waals surface area (Å²) < 4.78 is 3.42. The van der Waals surface area contributed by atoms with Gasteiger partial charge >= 0.3 is 0 Å². The zero-order valence-corrected chi connectivity index (χ0v) is 15.8. The molecule has 1 aliphatic heterocycles. The van der Waals surface area contributed by atoms with Crippen LogP contribution >= 0.6 is 0 Å². The minimum atomic E-state index is -0.880. The number of rotatable bonds is 4. The highest BCUT2D eigenvalue weighted by Gasteiger charge is 2.26. The summed E-state index contributed by atoms with van der Waals surface area (Å²) in [5, 5.41) is 19.2. The first-order valence-corrected chi connectivity index (χ1v) is 9.21. The monoisotopic (exact) mass is 382 g/mol. The van der Waals surface area contributed by atoms with Crippen LogP contribution in [0.2, 0.25) is 0 Å². The normalized spacial score (nSPS) is 14.8. The van der Waals surface area contributed by atoms with Crippen molar-refractivity contribution in [2.24, 2.45) is 7.05 Å². The predicted molar refractivity (Wildman–Crippen MR) is 101 cm³/mol. The number of aromatic amines is 1. The van der Waals surface area contributed by atoms with Gasteiger partial charge in [-0.3, -0.25) is 19.0 Å². The first-order chi connectivity index (χ1) is 13.5. The molecule has 0 spiro atoms. The Morgan fingerprint density at radius 2 is 2.14 bits per heavy atom. The van der Waals surface area contributed by atoms with Gasteiger partial charge in [-0.2, -0.15) is 10.2 Å². The Morgan fingerprint density at radius 3 is 2.86 bits per heavy atom. The zero-order valence-electron chi connectivity index (χ0n) is 15.8. The topological polar surface area (TPSA) is 109 Å². The average molecular weight is 382 g/mol. The maximum Gasteiger partial charge on any atom is 0.254 e. The number of pyridine rings is 1. The van der Waals surface area contributed by atoms with E-state index in [0.717, 1.165) is 11.4 Å². The Balaban J connectivity index is 1.56. The van der Waals surface area contributed by atoms with E-state index in [0.29, 0.717) is 43.0 Å². The fourth-order valence-electron chi connectivity index (χ4n) is 3.50. The van der Waals surface area contributed by atoms with Crippen LogP contribution < -0.4 is 5.56 Å². The number of nitrogens with one attached hydrogen (secondary N) is 1. The molecule has 9 heteroatoms. The van der Waals surface area contributed by atoms with Crippen molar-refractivity contribution in [2.75, 3.05) is 6.54 Å². The number of nitrogens with zero attached hydrogens (tertiary/aromatic N) is 5. The molecule has 0 unspecified atom stereocenters. The van der Waals surface area contributed by atoms with Gasteiger partial charge in [-0.25, -0.2) is 0 Å². The Bertz CT molecular complexity index is 1080. The van der Waals surface area contributed by atoms with Gasteiger partial charge in [0.2, 0.25) is 5.56 Å². The first kappa shape index (κ1) is 18.2. The number of aromatic nitrogens is 5. The molecule has 1 aliphatic rings. The molecule has 0 bridgehead atoms. The van der Waals surface area contributed by atoms with Crippen LogP contribution in [-0.4, -0.2) is 47.0 Å². The summed E-state index contributed by atoms with van der Waals surface area (Å²) in [5.41, 5.74) is 2.88. The lowest BCUT2D eigenvalue weighted by Gasteiger charge is -2.27. The fraction of sp³-hybridized carbons (Fsp3) is 0.368. The van der Waals surface area contributed by atoms with Crippen molar-refractivity contribution in [2.45, 2.75) is 32.5 Å². The smallest absolute Gasteiger partial charge is 0.254 e. The van der Waals surface area contributed by atoms with E-state index in [-0.39, 0.29) is 11.5 Å². The van der Waals surface area contributed by atoms with E-state index >= 15 is 0 Å². The number of aliphatic hydroxyl groups is 1. The maximum absolute atomic E-state index is 12.9. The second kappa shape index (κ2) is 7.08. The highest BCUT2D eigenvalue weighted by atomic mass is 16.3. The number of fused-ring (bicyclic) bond motifs is 1. The van der Waals surface area contributed by atoms with Crippen LogP contribution in [0.3, 0.4) is 0 Å². The molecule has 0 aromatic carbocycles. The summed E-state index contributed by atoms with van der Waals surface area (Å²) in [6.07, 6.45) is 1.40. The molecule has 2 N–H and O–H groups in total. The van der Waals surface area contributed by atoms with Gasteiger partial charge < -0.3 is 15.0 Å². The number of carbonyl (C=O) groups excluding carboxylic acids is 1. The molecule has 0 fully saturated rings. The third-order valence-electron chi connectivity index (χ3n) is 5.05. The Labute approximate surface area is 161 Å². The molecule has 0 aliphatic carbocycles. The summed E-state index contributed by atoms with van der Waals surface area (Å²) in [6, 6.07) is 6.63. The Hall–Kier alpha value is -3.20. The lowest BCUT2D eigenvalue weighted by Crippen LogP contribution is -2.38. The molecule has 4 rings (SSSR count). The van der Waals surface area contributed by atoms with E-state index in [4.69, 9.17) is 0 Å². The lowest BCUT2D eigenvalue weighted by molar-refractivity contribution is 0.0705. The van der Waals surface area contributed by atoms with Crippen LogP contribution in [0.4, 0.5) is 0 Å². The SMILES string of the molecule is CCc1cc(C(=O)N2CCn3nc([C@@H](O)c4ccnn4C)cc3C2)cc(=O)[nH]1. The quantitative estimate of drug-likeness (QED) is 0.687. The van der Waals surface area contributed by atoms with Crippen molar-refractivity contribution in [3.63, 3.8) is 0 Å². The van der Waals surface area contributed by atoms with Crippen molar-refractivity contribution < 1.29 is 9.90 Å². The van der Waals surface area contributed by atoms with Gasteiger partial charge in [0.25, 0.3) is 5.91 Å². The van der Waals surface area contributed by atoms with Crippen molar-refractivity contribution in [1.82, 2.24) is 29.4 Å². The number of H-pyrrole nitrogens is 1. The second-order valence-electron chi connectivity index (χ2n) is 6.90. The average Bonchev–Trinajstić information content (AvgIpc) is 3.31.